The van der Waals surface area contributed by atoms with Crippen LogP contribution in [0.3, 0.4) is 0 Å². The Kier molecular flexibility index (Phi) is 8.15. The molecule has 0 aromatic rings. The zero-order chi connectivity index (χ0) is 8.53. The zero-order valence-corrected chi connectivity index (χ0v) is 8.40. The fraction of sp³-hybridized carbons (Fsp3) is 0.800. The summed E-state index contributed by atoms with van der Waals surface area (Å²) in [4.78, 5) is 0. The molecule has 0 aromatic heterocycles. The van der Waals surface area contributed by atoms with Crippen molar-refractivity contribution in [3.63, 3.8) is 0 Å². The Morgan fingerprint density at radius 1 is 1.18 bits per heavy atom. The lowest BCUT2D eigenvalue weighted by atomic mass is 10.1. The molecular formula is C10H19Cl. The molecule has 0 heterocycles. The number of alkyl halides is 1. The number of hydrogen-bond acceptors (Lipinski definition) is 0. The van der Waals surface area contributed by atoms with E-state index in [1.807, 2.05) is 0 Å². The molecule has 0 aliphatic heterocycles. The average Bonchev–Trinajstić information content (AvgIpc) is 1.99. The van der Waals surface area contributed by atoms with Crippen molar-refractivity contribution >= 4 is 11.6 Å². The quantitative estimate of drug-likeness (QED) is 0.420. The second-order valence-electron chi connectivity index (χ2n) is 2.84. The fourth-order valence-corrected chi connectivity index (χ4v) is 1.36. The summed E-state index contributed by atoms with van der Waals surface area (Å²) in [7, 11) is 0. The number of rotatable bonds is 6. The minimum absolute atomic E-state index is 0.390. The molecule has 0 aliphatic rings. The Bertz CT molecular complexity index is 97.0. The van der Waals surface area contributed by atoms with Crippen molar-refractivity contribution in [1.82, 2.24) is 0 Å². The summed E-state index contributed by atoms with van der Waals surface area (Å²) in [6.07, 6.45) is 10.2. The van der Waals surface area contributed by atoms with Gasteiger partial charge in [-0.05, 0) is 25.7 Å². The Morgan fingerprint density at radius 3 is 2.45 bits per heavy atom. The van der Waals surface area contributed by atoms with Crippen molar-refractivity contribution in [2.45, 2.75) is 51.3 Å². The molecule has 0 spiro atoms. The summed E-state index contributed by atoms with van der Waals surface area (Å²) < 4.78 is 0. The van der Waals surface area contributed by atoms with E-state index in [2.05, 4.69) is 26.0 Å². The zero-order valence-electron chi connectivity index (χ0n) is 7.65. The fourth-order valence-electron chi connectivity index (χ4n) is 1.02. The van der Waals surface area contributed by atoms with Crippen molar-refractivity contribution in [3.05, 3.63) is 12.2 Å². The number of halogens is 1. The van der Waals surface area contributed by atoms with Crippen LogP contribution in [-0.4, -0.2) is 5.38 Å². The molecular weight excluding hydrogens is 156 g/mol. The van der Waals surface area contributed by atoms with Gasteiger partial charge in [-0.3, -0.25) is 0 Å². The van der Waals surface area contributed by atoms with Gasteiger partial charge in [-0.2, -0.15) is 0 Å². The predicted octanol–water partition coefficient (Wildman–Crippen LogP) is 4.14. The number of hydrogen-bond donors (Lipinski definition) is 0. The van der Waals surface area contributed by atoms with Crippen LogP contribution in [0.5, 0.6) is 0 Å². The van der Waals surface area contributed by atoms with E-state index in [1.54, 1.807) is 0 Å². The first-order valence-electron chi connectivity index (χ1n) is 4.60. The molecule has 1 unspecified atom stereocenters. The normalized spacial score (nSPS) is 14.1. The monoisotopic (exact) mass is 174 g/mol. The largest absolute Gasteiger partial charge is 0.123 e. The molecule has 0 fully saturated rings. The van der Waals surface area contributed by atoms with Crippen LogP contribution in [0.1, 0.15) is 46.0 Å². The molecule has 0 radical (unpaired) electrons. The highest BCUT2D eigenvalue weighted by molar-refractivity contribution is 6.20. The van der Waals surface area contributed by atoms with Gasteiger partial charge in [-0.1, -0.05) is 32.4 Å². The smallest absolute Gasteiger partial charge is 0.0338 e. The molecule has 0 amide bonds. The summed E-state index contributed by atoms with van der Waals surface area (Å²) in [5.74, 6) is 0. The van der Waals surface area contributed by atoms with E-state index in [1.165, 1.54) is 6.42 Å². The predicted molar refractivity (Wildman–Crippen MR) is 53.2 cm³/mol. The van der Waals surface area contributed by atoms with Gasteiger partial charge in [-0.25, -0.2) is 0 Å². The third-order valence-corrected chi connectivity index (χ3v) is 2.09. The molecule has 0 aliphatic carbocycles. The van der Waals surface area contributed by atoms with Crippen LogP contribution in [0.2, 0.25) is 0 Å². The molecule has 0 nitrogen and oxygen atoms in total. The van der Waals surface area contributed by atoms with E-state index < -0.39 is 0 Å². The first-order valence-corrected chi connectivity index (χ1v) is 5.04. The van der Waals surface area contributed by atoms with Gasteiger partial charge >= 0.3 is 0 Å². The SMILES string of the molecule is CCC=CCCC(Cl)CCC. The van der Waals surface area contributed by atoms with Gasteiger partial charge in [0, 0.05) is 5.38 Å². The van der Waals surface area contributed by atoms with Crippen LogP contribution in [0, 0.1) is 0 Å². The number of allylic oxidation sites excluding steroid dienone is 2. The van der Waals surface area contributed by atoms with Crippen molar-refractivity contribution in [1.29, 1.82) is 0 Å². The first-order chi connectivity index (χ1) is 5.31. The molecule has 0 saturated carbocycles. The van der Waals surface area contributed by atoms with E-state index in [0.29, 0.717) is 5.38 Å². The maximum atomic E-state index is 6.03. The molecule has 66 valence electrons. The van der Waals surface area contributed by atoms with Crippen molar-refractivity contribution in [2.75, 3.05) is 0 Å². The second-order valence-corrected chi connectivity index (χ2v) is 3.46. The van der Waals surface area contributed by atoms with E-state index >= 15 is 0 Å². The van der Waals surface area contributed by atoms with Gasteiger partial charge < -0.3 is 0 Å². The van der Waals surface area contributed by atoms with Crippen LogP contribution >= 0.6 is 11.6 Å². The maximum Gasteiger partial charge on any atom is 0.0338 e. The van der Waals surface area contributed by atoms with E-state index in [0.717, 1.165) is 25.7 Å². The molecule has 0 aromatic carbocycles. The average molecular weight is 175 g/mol. The minimum atomic E-state index is 0.390. The molecule has 0 saturated heterocycles. The topological polar surface area (TPSA) is 0 Å². The lowest BCUT2D eigenvalue weighted by Crippen LogP contribution is -1.95. The Balaban J connectivity index is 3.16. The van der Waals surface area contributed by atoms with E-state index in [9.17, 15) is 0 Å². The Labute approximate surface area is 75.6 Å². The Morgan fingerprint density at radius 2 is 1.91 bits per heavy atom. The third-order valence-electron chi connectivity index (χ3n) is 1.65. The van der Waals surface area contributed by atoms with Crippen molar-refractivity contribution in [2.24, 2.45) is 0 Å². The van der Waals surface area contributed by atoms with E-state index in [4.69, 9.17) is 11.6 Å². The Hall–Kier alpha value is 0.0300. The highest BCUT2D eigenvalue weighted by Gasteiger charge is 1.99. The molecule has 0 rings (SSSR count). The highest BCUT2D eigenvalue weighted by atomic mass is 35.5. The second kappa shape index (κ2) is 8.13. The van der Waals surface area contributed by atoms with Crippen LogP contribution in [-0.2, 0) is 0 Å². The van der Waals surface area contributed by atoms with Crippen LogP contribution in [0.4, 0.5) is 0 Å². The highest BCUT2D eigenvalue weighted by Crippen LogP contribution is 2.11. The molecule has 11 heavy (non-hydrogen) atoms. The van der Waals surface area contributed by atoms with Crippen LogP contribution < -0.4 is 0 Å². The maximum absolute atomic E-state index is 6.03. The third kappa shape index (κ3) is 7.93. The minimum Gasteiger partial charge on any atom is -0.123 e. The lowest BCUT2D eigenvalue weighted by molar-refractivity contribution is 0.683. The van der Waals surface area contributed by atoms with Crippen LogP contribution in [0.25, 0.3) is 0 Å². The van der Waals surface area contributed by atoms with Gasteiger partial charge in [0.1, 0.15) is 0 Å². The summed E-state index contributed by atoms with van der Waals surface area (Å²) in [5, 5.41) is 0.390. The summed E-state index contributed by atoms with van der Waals surface area (Å²) in [5.41, 5.74) is 0. The van der Waals surface area contributed by atoms with Gasteiger partial charge in [0.15, 0.2) is 0 Å². The van der Waals surface area contributed by atoms with Gasteiger partial charge in [0.2, 0.25) is 0 Å². The van der Waals surface area contributed by atoms with Gasteiger partial charge in [-0.15, -0.1) is 11.6 Å². The lowest BCUT2D eigenvalue weighted by Gasteiger charge is -2.03. The molecule has 0 bridgehead atoms. The summed E-state index contributed by atoms with van der Waals surface area (Å²) in [6, 6.07) is 0. The standard InChI is InChI=1S/C10H19Cl/c1-3-5-6-7-9-10(11)8-4-2/h5-6,10H,3-4,7-9H2,1-2H3. The van der Waals surface area contributed by atoms with Gasteiger partial charge in [0.05, 0.1) is 0 Å². The summed E-state index contributed by atoms with van der Waals surface area (Å²) >= 11 is 6.03. The molecule has 0 N–H and O–H groups in total. The van der Waals surface area contributed by atoms with E-state index in [-0.39, 0.29) is 0 Å². The van der Waals surface area contributed by atoms with Crippen molar-refractivity contribution in [3.8, 4) is 0 Å². The molecule has 1 heteroatoms. The van der Waals surface area contributed by atoms with Crippen molar-refractivity contribution < 1.29 is 0 Å². The van der Waals surface area contributed by atoms with Crippen LogP contribution in [0.15, 0.2) is 12.2 Å². The summed E-state index contributed by atoms with van der Waals surface area (Å²) in [6.45, 7) is 4.33. The molecule has 1 atom stereocenters. The van der Waals surface area contributed by atoms with Gasteiger partial charge in [0.25, 0.3) is 0 Å². The first kappa shape index (κ1) is 11.0.